The van der Waals surface area contributed by atoms with Crippen LogP contribution in [0, 0.1) is 0 Å². The SMILES string of the molecule is O=C(CN1C(=O)C(=O)c2c(Br)cccc21)NC1CCCC1. The van der Waals surface area contributed by atoms with Crippen molar-refractivity contribution in [3.8, 4) is 0 Å². The zero-order valence-electron chi connectivity index (χ0n) is 11.4. The number of Topliss-reactive ketones (excluding diaryl/α,β-unsaturated/α-hetero) is 1. The van der Waals surface area contributed by atoms with Gasteiger partial charge in [0.2, 0.25) is 5.91 Å². The van der Waals surface area contributed by atoms with E-state index in [2.05, 4.69) is 21.2 Å². The van der Waals surface area contributed by atoms with E-state index in [4.69, 9.17) is 0 Å². The molecular weight excluding hydrogens is 336 g/mol. The molecule has 110 valence electrons. The monoisotopic (exact) mass is 350 g/mol. The molecular formula is C15H15BrN2O3. The van der Waals surface area contributed by atoms with Crippen molar-refractivity contribution in [2.45, 2.75) is 31.7 Å². The molecule has 2 aliphatic rings. The Morgan fingerprint density at radius 3 is 2.71 bits per heavy atom. The maximum atomic E-state index is 12.1. The lowest BCUT2D eigenvalue weighted by Crippen LogP contribution is -2.43. The zero-order chi connectivity index (χ0) is 15.0. The molecule has 2 amide bonds. The van der Waals surface area contributed by atoms with E-state index < -0.39 is 11.7 Å². The van der Waals surface area contributed by atoms with Gasteiger partial charge >= 0.3 is 0 Å². The number of fused-ring (bicyclic) bond motifs is 1. The number of nitrogens with zero attached hydrogens (tertiary/aromatic N) is 1. The van der Waals surface area contributed by atoms with E-state index in [0.717, 1.165) is 25.7 Å². The fraction of sp³-hybridized carbons (Fsp3) is 0.400. The van der Waals surface area contributed by atoms with Gasteiger partial charge in [0.15, 0.2) is 0 Å². The molecule has 0 saturated heterocycles. The number of amides is 2. The first-order chi connectivity index (χ1) is 10.1. The maximum absolute atomic E-state index is 12.1. The molecule has 1 aliphatic carbocycles. The lowest BCUT2D eigenvalue weighted by Gasteiger charge is -2.18. The van der Waals surface area contributed by atoms with E-state index in [1.807, 2.05) is 0 Å². The van der Waals surface area contributed by atoms with Gasteiger partial charge in [0.1, 0.15) is 6.54 Å². The Balaban J connectivity index is 1.77. The molecule has 1 N–H and O–H groups in total. The van der Waals surface area contributed by atoms with Crippen LogP contribution in [0.4, 0.5) is 5.69 Å². The zero-order valence-corrected chi connectivity index (χ0v) is 13.0. The van der Waals surface area contributed by atoms with Crippen LogP contribution in [0.2, 0.25) is 0 Å². The second kappa shape index (κ2) is 5.60. The van der Waals surface area contributed by atoms with Crippen LogP contribution >= 0.6 is 15.9 Å². The molecule has 1 heterocycles. The smallest absolute Gasteiger partial charge is 0.299 e. The third-order valence-corrected chi connectivity index (χ3v) is 4.63. The number of halogens is 1. The van der Waals surface area contributed by atoms with Crippen LogP contribution in [-0.2, 0) is 9.59 Å². The predicted octanol–water partition coefficient (Wildman–Crippen LogP) is 2.04. The number of anilines is 1. The van der Waals surface area contributed by atoms with Crippen LogP contribution in [0.25, 0.3) is 0 Å². The number of carbonyl (C=O) groups is 3. The summed E-state index contributed by atoms with van der Waals surface area (Å²) in [5.41, 5.74) is 0.845. The van der Waals surface area contributed by atoms with E-state index in [1.165, 1.54) is 4.90 Å². The van der Waals surface area contributed by atoms with Gasteiger partial charge in [-0.3, -0.25) is 19.3 Å². The molecule has 0 unspecified atom stereocenters. The highest BCUT2D eigenvalue weighted by atomic mass is 79.9. The minimum atomic E-state index is -0.640. The Kier molecular flexibility index (Phi) is 3.80. The average molecular weight is 351 g/mol. The summed E-state index contributed by atoms with van der Waals surface area (Å²) in [5, 5.41) is 2.93. The average Bonchev–Trinajstić information content (AvgIpc) is 3.03. The molecule has 0 radical (unpaired) electrons. The Hall–Kier alpha value is -1.69. The number of carbonyl (C=O) groups excluding carboxylic acids is 3. The van der Waals surface area contributed by atoms with Crippen LogP contribution in [-0.4, -0.2) is 30.2 Å². The lowest BCUT2D eigenvalue weighted by atomic mass is 10.1. The number of hydrogen-bond donors (Lipinski definition) is 1. The van der Waals surface area contributed by atoms with Crippen molar-refractivity contribution >= 4 is 39.2 Å². The largest absolute Gasteiger partial charge is 0.352 e. The van der Waals surface area contributed by atoms with E-state index >= 15 is 0 Å². The van der Waals surface area contributed by atoms with Crippen molar-refractivity contribution < 1.29 is 14.4 Å². The van der Waals surface area contributed by atoms with Crippen LogP contribution in [0.1, 0.15) is 36.0 Å². The second-order valence-corrected chi connectivity index (χ2v) is 6.26. The normalized spacial score (nSPS) is 18.2. The first kappa shape index (κ1) is 14.3. The number of rotatable bonds is 3. The predicted molar refractivity (Wildman–Crippen MR) is 81.2 cm³/mol. The summed E-state index contributed by atoms with van der Waals surface area (Å²) in [6.07, 6.45) is 4.23. The molecule has 1 saturated carbocycles. The van der Waals surface area contributed by atoms with Crippen molar-refractivity contribution in [3.63, 3.8) is 0 Å². The molecule has 5 nitrogen and oxygen atoms in total. The van der Waals surface area contributed by atoms with Gasteiger partial charge in [0, 0.05) is 10.5 Å². The standard InChI is InChI=1S/C15H15BrN2O3/c16-10-6-3-7-11-13(10)14(20)15(21)18(11)8-12(19)17-9-4-1-2-5-9/h3,6-7,9H,1-2,4-5,8H2,(H,17,19). The van der Waals surface area contributed by atoms with Crippen molar-refractivity contribution in [2.24, 2.45) is 0 Å². The van der Waals surface area contributed by atoms with Gasteiger partial charge in [-0.1, -0.05) is 18.9 Å². The summed E-state index contributed by atoms with van der Waals surface area (Å²) in [7, 11) is 0. The lowest BCUT2D eigenvalue weighted by molar-refractivity contribution is -0.122. The first-order valence-electron chi connectivity index (χ1n) is 7.02. The van der Waals surface area contributed by atoms with Gasteiger partial charge in [-0.05, 0) is 40.9 Å². The molecule has 0 aromatic heterocycles. The molecule has 6 heteroatoms. The third kappa shape index (κ3) is 2.60. The van der Waals surface area contributed by atoms with Crippen molar-refractivity contribution in [2.75, 3.05) is 11.4 Å². The Morgan fingerprint density at radius 1 is 1.29 bits per heavy atom. The fourth-order valence-corrected chi connectivity index (χ4v) is 3.48. The second-order valence-electron chi connectivity index (χ2n) is 5.40. The number of hydrogen-bond acceptors (Lipinski definition) is 3. The van der Waals surface area contributed by atoms with E-state index in [1.54, 1.807) is 18.2 Å². The highest BCUT2D eigenvalue weighted by Gasteiger charge is 2.38. The summed E-state index contributed by atoms with van der Waals surface area (Å²) in [6, 6.07) is 5.35. The molecule has 21 heavy (non-hydrogen) atoms. The summed E-state index contributed by atoms with van der Waals surface area (Å²) in [5.74, 6) is -1.42. The maximum Gasteiger partial charge on any atom is 0.299 e. The molecule has 3 rings (SSSR count). The van der Waals surface area contributed by atoms with Crippen LogP contribution in [0.5, 0.6) is 0 Å². The summed E-state index contributed by atoms with van der Waals surface area (Å²) >= 11 is 3.28. The van der Waals surface area contributed by atoms with Gasteiger partial charge in [-0.2, -0.15) is 0 Å². The van der Waals surface area contributed by atoms with Gasteiger partial charge in [-0.15, -0.1) is 0 Å². The Labute approximate surface area is 130 Å². The first-order valence-corrected chi connectivity index (χ1v) is 7.81. The van der Waals surface area contributed by atoms with Crippen LogP contribution in [0.3, 0.4) is 0 Å². The molecule has 1 aliphatic heterocycles. The molecule has 0 spiro atoms. The number of nitrogens with one attached hydrogen (secondary N) is 1. The summed E-state index contributed by atoms with van der Waals surface area (Å²) in [6.45, 7) is -0.107. The summed E-state index contributed by atoms with van der Waals surface area (Å²) < 4.78 is 0.581. The van der Waals surface area contributed by atoms with Crippen LogP contribution < -0.4 is 10.2 Å². The summed E-state index contributed by atoms with van der Waals surface area (Å²) in [4.78, 5) is 37.4. The molecule has 0 atom stereocenters. The fourth-order valence-electron chi connectivity index (χ4n) is 2.95. The molecule has 1 aromatic rings. The van der Waals surface area contributed by atoms with E-state index in [-0.39, 0.29) is 18.5 Å². The van der Waals surface area contributed by atoms with Crippen molar-refractivity contribution in [1.29, 1.82) is 0 Å². The van der Waals surface area contributed by atoms with Crippen LogP contribution in [0.15, 0.2) is 22.7 Å². The molecule has 1 aromatic carbocycles. The number of ketones is 1. The van der Waals surface area contributed by atoms with Gasteiger partial charge < -0.3 is 5.32 Å². The van der Waals surface area contributed by atoms with Crippen molar-refractivity contribution in [3.05, 3.63) is 28.2 Å². The van der Waals surface area contributed by atoms with Gasteiger partial charge in [0.05, 0.1) is 11.3 Å². The Morgan fingerprint density at radius 2 is 2.00 bits per heavy atom. The van der Waals surface area contributed by atoms with E-state index in [9.17, 15) is 14.4 Å². The Bertz CT molecular complexity index is 623. The minimum absolute atomic E-state index is 0.107. The van der Waals surface area contributed by atoms with Gasteiger partial charge in [0.25, 0.3) is 11.7 Å². The van der Waals surface area contributed by atoms with E-state index in [0.29, 0.717) is 15.7 Å². The topological polar surface area (TPSA) is 66.5 Å². The highest BCUT2D eigenvalue weighted by molar-refractivity contribution is 9.10. The molecule has 0 bridgehead atoms. The van der Waals surface area contributed by atoms with Crippen molar-refractivity contribution in [1.82, 2.24) is 5.32 Å². The number of benzene rings is 1. The minimum Gasteiger partial charge on any atom is -0.352 e. The highest BCUT2D eigenvalue weighted by Crippen LogP contribution is 2.34. The quantitative estimate of drug-likeness (QED) is 0.848. The molecule has 1 fully saturated rings. The third-order valence-electron chi connectivity index (χ3n) is 3.97. The van der Waals surface area contributed by atoms with Gasteiger partial charge in [-0.25, -0.2) is 0 Å².